The average molecular weight is 531 g/mol. The van der Waals surface area contributed by atoms with Gasteiger partial charge in [0.15, 0.2) is 0 Å². The van der Waals surface area contributed by atoms with Gasteiger partial charge in [0.1, 0.15) is 18.1 Å². The second-order valence-corrected chi connectivity index (χ2v) is 9.33. The number of carbonyl (C=O) groups is 5. The summed E-state index contributed by atoms with van der Waals surface area (Å²) in [5.41, 5.74) is 6.85. The maximum absolute atomic E-state index is 13.3. The number of nitrogens with one attached hydrogen (secondary N) is 4. The molecule has 0 fully saturated rings. The van der Waals surface area contributed by atoms with E-state index in [4.69, 9.17) is 10.8 Å². The molecule has 13 heteroatoms. The highest BCUT2D eigenvalue weighted by molar-refractivity contribution is 5.95. The number of aromatic amines is 1. The van der Waals surface area contributed by atoms with Gasteiger partial charge in [0, 0.05) is 24.7 Å². The number of H-pyrrole nitrogens is 1. The summed E-state index contributed by atoms with van der Waals surface area (Å²) in [6, 6.07) is 3.84. The standard InChI is InChI=1S/C25H34N6O7/c1-14(2)8-20(25(37)38)31-23(35)18(9-15-6-4-3-5-7-15)30-24(36)19(10-16-12-27-13-28-16)29-22(34)17(26)11-21(32)33/h3-7,12-14,17-20H,8-11,26H2,1-2H3,(H,27,28)(H,29,34)(H,30,36)(H,31,35)(H,32,33)(H,37,38). The van der Waals surface area contributed by atoms with Crippen LogP contribution < -0.4 is 21.7 Å². The number of rotatable bonds is 15. The molecule has 0 spiro atoms. The van der Waals surface area contributed by atoms with Crippen LogP contribution in [-0.4, -0.2) is 74.0 Å². The van der Waals surface area contributed by atoms with Gasteiger partial charge in [-0.2, -0.15) is 0 Å². The Morgan fingerprint density at radius 1 is 0.895 bits per heavy atom. The number of aromatic nitrogens is 2. The highest BCUT2D eigenvalue weighted by Crippen LogP contribution is 2.09. The van der Waals surface area contributed by atoms with E-state index >= 15 is 0 Å². The van der Waals surface area contributed by atoms with Crippen molar-refractivity contribution in [2.24, 2.45) is 11.7 Å². The van der Waals surface area contributed by atoms with E-state index in [0.717, 1.165) is 0 Å². The maximum Gasteiger partial charge on any atom is 0.326 e. The number of benzene rings is 1. The molecule has 1 heterocycles. The molecule has 0 bridgehead atoms. The second-order valence-electron chi connectivity index (χ2n) is 9.33. The van der Waals surface area contributed by atoms with Crippen LogP contribution in [0.3, 0.4) is 0 Å². The third-order valence-corrected chi connectivity index (χ3v) is 5.58. The first-order chi connectivity index (χ1) is 18.0. The minimum absolute atomic E-state index is 0.0115. The highest BCUT2D eigenvalue weighted by Gasteiger charge is 2.31. The quantitative estimate of drug-likeness (QED) is 0.159. The van der Waals surface area contributed by atoms with Crippen LogP contribution in [0, 0.1) is 5.92 Å². The maximum atomic E-state index is 13.3. The Labute approximate surface area is 219 Å². The van der Waals surface area contributed by atoms with Gasteiger partial charge < -0.3 is 36.9 Å². The van der Waals surface area contributed by atoms with E-state index < -0.39 is 60.2 Å². The number of nitrogens with zero attached hydrogens (tertiary/aromatic N) is 1. The first kappa shape index (κ1) is 30.0. The van der Waals surface area contributed by atoms with E-state index in [-0.39, 0.29) is 25.2 Å². The van der Waals surface area contributed by atoms with Crippen molar-refractivity contribution in [1.82, 2.24) is 25.9 Å². The zero-order valence-electron chi connectivity index (χ0n) is 21.2. The molecule has 4 unspecified atom stereocenters. The van der Waals surface area contributed by atoms with E-state index in [9.17, 15) is 29.1 Å². The molecule has 0 aliphatic heterocycles. The zero-order valence-corrected chi connectivity index (χ0v) is 21.2. The number of hydrogen-bond acceptors (Lipinski definition) is 7. The molecule has 1 aromatic carbocycles. The van der Waals surface area contributed by atoms with E-state index in [1.165, 1.54) is 12.5 Å². The summed E-state index contributed by atoms with van der Waals surface area (Å²) >= 11 is 0. The van der Waals surface area contributed by atoms with Gasteiger partial charge in [0.05, 0.1) is 18.8 Å². The monoisotopic (exact) mass is 530 g/mol. The molecule has 13 nitrogen and oxygen atoms in total. The van der Waals surface area contributed by atoms with Gasteiger partial charge in [0.25, 0.3) is 0 Å². The first-order valence-corrected chi connectivity index (χ1v) is 12.1. The normalized spacial score (nSPS) is 14.1. The van der Waals surface area contributed by atoms with Crippen LogP contribution in [0.1, 0.15) is 37.9 Å². The van der Waals surface area contributed by atoms with Crippen LogP contribution in [0.5, 0.6) is 0 Å². The van der Waals surface area contributed by atoms with Crippen molar-refractivity contribution >= 4 is 29.7 Å². The van der Waals surface area contributed by atoms with E-state index in [2.05, 4.69) is 25.9 Å². The molecular formula is C25H34N6O7. The van der Waals surface area contributed by atoms with E-state index in [1.807, 2.05) is 13.8 Å². The van der Waals surface area contributed by atoms with Crippen LogP contribution in [0.15, 0.2) is 42.9 Å². The summed E-state index contributed by atoms with van der Waals surface area (Å²) < 4.78 is 0. The molecule has 0 saturated carbocycles. The Hall–Kier alpha value is -4.26. The lowest BCUT2D eigenvalue weighted by atomic mass is 10.0. The first-order valence-electron chi connectivity index (χ1n) is 12.1. The average Bonchev–Trinajstić information content (AvgIpc) is 3.35. The Kier molecular flexibility index (Phi) is 11.4. The molecule has 3 amide bonds. The molecule has 0 radical (unpaired) electrons. The molecule has 1 aromatic heterocycles. The van der Waals surface area contributed by atoms with Crippen LogP contribution in [0.2, 0.25) is 0 Å². The molecular weight excluding hydrogens is 496 g/mol. The molecule has 2 rings (SSSR count). The number of carbonyl (C=O) groups excluding carboxylic acids is 3. The molecule has 2 aromatic rings. The third kappa shape index (κ3) is 10.0. The van der Waals surface area contributed by atoms with Gasteiger partial charge in [-0.15, -0.1) is 0 Å². The molecule has 38 heavy (non-hydrogen) atoms. The van der Waals surface area contributed by atoms with Gasteiger partial charge in [-0.05, 0) is 17.9 Å². The fourth-order valence-electron chi connectivity index (χ4n) is 3.68. The summed E-state index contributed by atoms with van der Waals surface area (Å²) in [6.45, 7) is 3.65. The van der Waals surface area contributed by atoms with Gasteiger partial charge in [-0.3, -0.25) is 19.2 Å². The summed E-state index contributed by atoms with van der Waals surface area (Å²) in [5, 5.41) is 26.0. The lowest BCUT2D eigenvalue weighted by Gasteiger charge is -2.25. The van der Waals surface area contributed by atoms with E-state index in [1.54, 1.807) is 30.3 Å². The van der Waals surface area contributed by atoms with Crippen LogP contribution >= 0.6 is 0 Å². The zero-order chi connectivity index (χ0) is 28.2. The van der Waals surface area contributed by atoms with Crippen LogP contribution in [0.4, 0.5) is 0 Å². The predicted octanol–water partition coefficient (Wildman–Crippen LogP) is -0.418. The number of carboxylic acids is 2. The fraction of sp³-hybridized carbons (Fsp3) is 0.440. The topological polar surface area (TPSA) is 217 Å². The number of hydrogen-bond donors (Lipinski definition) is 7. The van der Waals surface area contributed by atoms with Gasteiger partial charge in [-0.1, -0.05) is 44.2 Å². The van der Waals surface area contributed by atoms with Crippen molar-refractivity contribution in [2.75, 3.05) is 0 Å². The number of nitrogens with two attached hydrogens (primary N) is 1. The van der Waals surface area contributed by atoms with Crippen LogP contribution in [-0.2, 0) is 36.8 Å². The van der Waals surface area contributed by atoms with E-state index in [0.29, 0.717) is 11.3 Å². The number of carboxylic acid groups (broad SMARTS) is 2. The van der Waals surface area contributed by atoms with Crippen molar-refractivity contribution < 1.29 is 34.2 Å². The summed E-state index contributed by atoms with van der Waals surface area (Å²) in [4.78, 5) is 68.4. The Morgan fingerprint density at radius 3 is 2.00 bits per heavy atom. The minimum atomic E-state index is -1.40. The lowest BCUT2D eigenvalue weighted by Crippen LogP contribution is -2.58. The fourth-order valence-corrected chi connectivity index (χ4v) is 3.68. The van der Waals surface area contributed by atoms with Crippen molar-refractivity contribution in [3.63, 3.8) is 0 Å². The predicted molar refractivity (Wildman–Crippen MR) is 136 cm³/mol. The molecule has 4 atom stereocenters. The van der Waals surface area contributed by atoms with Crippen LogP contribution in [0.25, 0.3) is 0 Å². The second kappa shape index (κ2) is 14.5. The summed E-state index contributed by atoms with van der Waals surface area (Å²) in [5.74, 6) is -4.81. The molecule has 0 aliphatic carbocycles. The van der Waals surface area contributed by atoms with Gasteiger partial charge in [0.2, 0.25) is 17.7 Å². The summed E-state index contributed by atoms with van der Waals surface area (Å²) in [7, 11) is 0. The van der Waals surface area contributed by atoms with Crippen molar-refractivity contribution in [2.45, 2.75) is 63.7 Å². The number of imidazole rings is 1. The highest BCUT2D eigenvalue weighted by atomic mass is 16.4. The smallest absolute Gasteiger partial charge is 0.326 e. The van der Waals surface area contributed by atoms with Crippen molar-refractivity contribution in [3.05, 3.63) is 54.1 Å². The Morgan fingerprint density at radius 2 is 1.47 bits per heavy atom. The number of amides is 3. The van der Waals surface area contributed by atoms with Crippen molar-refractivity contribution in [1.29, 1.82) is 0 Å². The number of aliphatic carboxylic acids is 2. The van der Waals surface area contributed by atoms with Gasteiger partial charge >= 0.3 is 11.9 Å². The summed E-state index contributed by atoms with van der Waals surface area (Å²) in [6.07, 6.45) is 2.37. The third-order valence-electron chi connectivity index (χ3n) is 5.58. The molecule has 0 aliphatic rings. The van der Waals surface area contributed by atoms with Crippen molar-refractivity contribution in [3.8, 4) is 0 Å². The SMILES string of the molecule is CC(C)CC(NC(=O)C(Cc1ccccc1)NC(=O)C(Cc1cnc[nH]1)NC(=O)C(N)CC(=O)O)C(=O)O. The molecule has 206 valence electrons. The largest absolute Gasteiger partial charge is 0.481 e. The lowest BCUT2D eigenvalue weighted by molar-refractivity contribution is -0.142. The molecule has 0 saturated heterocycles. The van der Waals surface area contributed by atoms with Gasteiger partial charge in [-0.25, -0.2) is 9.78 Å². The Bertz CT molecular complexity index is 1090. The minimum Gasteiger partial charge on any atom is -0.481 e. The Balaban J connectivity index is 2.27. The molecule has 8 N–H and O–H groups in total.